The van der Waals surface area contributed by atoms with E-state index in [-0.39, 0.29) is 11.8 Å². The number of fused-ring (bicyclic) bond motifs is 2. The van der Waals surface area contributed by atoms with E-state index in [1.807, 2.05) is 6.20 Å². The quantitative estimate of drug-likeness (QED) is 0.873. The lowest BCUT2D eigenvalue weighted by Crippen LogP contribution is -2.44. The van der Waals surface area contributed by atoms with E-state index in [9.17, 15) is 4.79 Å². The summed E-state index contributed by atoms with van der Waals surface area (Å²) in [7, 11) is 0. The predicted molar refractivity (Wildman–Crippen MR) is 101 cm³/mol. The minimum Gasteiger partial charge on any atom is -0.361 e. The summed E-state index contributed by atoms with van der Waals surface area (Å²) in [5.74, 6) is 0.456. The molecule has 2 N–H and O–H groups in total. The van der Waals surface area contributed by atoms with Crippen LogP contribution in [0.15, 0.2) is 30.5 Å². The van der Waals surface area contributed by atoms with Crippen LogP contribution in [-0.2, 0) is 11.3 Å². The van der Waals surface area contributed by atoms with E-state index in [2.05, 4.69) is 39.5 Å². The molecule has 4 rings (SSSR count). The number of H-pyrrole nitrogens is 1. The fraction of sp³-hybridized carbons (Fsp3) is 0.571. The van der Waals surface area contributed by atoms with E-state index >= 15 is 0 Å². The number of aromatic nitrogens is 1. The monoisotopic (exact) mass is 339 g/mol. The number of carbonyl (C=O) groups excluding carboxylic acids is 1. The number of nitrogens with zero attached hydrogens (tertiary/aromatic N) is 1. The minimum absolute atomic E-state index is 0.170. The van der Waals surface area contributed by atoms with Crippen LogP contribution in [-0.4, -0.2) is 34.9 Å². The van der Waals surface area contributed by atoms with Gasteiger partial charge < -0.3 is 10.3 Å². The van der Waals surface area contributed by atoms with E-state index in [4.69, 9.17) is 0 Å². The molecule has 2 aliphatic rings. The van der Waals surface area contributed by atoms with Gasteiger partial charge in [0, 0.05) is 36.2 Å². The Hall–Kier alpha value is -1.81. The highest BCUT2D eigenvalue weighted by Gasteiger charge is 2.36. The molecule has 2 fully saturated rings. The lowest BCUT2D eigenvalue weighted by Gasteiger charge is -2.32. The van der Waals surface area contributed by atoms with Crippen molar-refractivity contribution in [1.82, 2.24) is 15.2 Å². The van der Waals surface area contributed by atoms with Crippen molar-refractivity contribution in [2.75, 3.05) is 13.1 Å². The summed E-state index contributed by atoms with van der Waals surface area (Å²) in [6.07, 6.45) is 10.2. The van der Waals surface area contributed by atoms with E-state index in [1.54, 1.807) is 0 Å². The number of benzene rings is 1. The van der Waals surface area contributed by atoms with Gasteiger partial charge in [-0.1, -0.05) is 31.4 Å². The topological polar surface area (TPSA) is 48.1 Å². The van der Waals surface area contributed by atoms with Crippen LogP contribution >= 0.6 is 0 Å². The van der Waals surface area contributed by atoms with E-state index in [0.717, 1.165) is 38.9 Å². The van der Waals surface area contributed by atoms with Crippen molar-refractivity contribution in [3.05, 3.63) is 36.0 Å². The molecule has 0 bridgehead atoms. The fourth-order valence-electron chi connectivity index (χ4n) is 4.69. The number of rotatable bonds is 2. The predicted octanol–water partition coefficient (Wildman–Crippen LogP) is 3.83. The molecule has 1 aliphatic heterocycles. The molecule has 2 unspecified atom stereocenters. The minimum atomic E-state index is 0.170. The second-order valence-electron chi connectivity index (χ2n) is 7.64. The van der Waals surface area contributed by atoms with Gasteiger partial charge in [-0.3, -0.25) is 9.69 Å². The maximum absolute atomic E-state index is 12.7. The van der Waals surface area contributed by atoms with Gasteiger partial charge in [-0.05, 0) is 49.9 Å². The normalized spacial score (nSPS) is 26.2. The lowest BCUT2D eigenvalue weighted by atomic mass is 9.99. The van der Waals surface area contributed by atoms with E-state index < -0.39 is 0 Å². The van der Waals surface area contributed by atoms with Crippen LogP contribution in [0.5, 0.6) is 0 Å². The number of hydrogen-bond donors (Lipinski definition) is 2. The van der Waals surface area contributed by atoms with Crippen LogP contribution in [0.4, 0.5) is 0 Å². The van der Waals surface area contributed by atoms with E-state index in [0.29, 0.717) is 6.04 Å². The molecule has 25 heavy (non-hydrogen) atoms. The zero-order chi connectivity index (χ0) is 17.1. The highest BCUT2D eigenvalue weighted by atomic mass is 16.1. The van der Waals surface area contributed by atoms with Gasteiger partial charge in [-0.25, -0.2) is 0 Å². The highest BCUT2D eigenvalue weighted by Crippen LogP contribution is 2.32. The van der Waals surface area contributed by atoms with Gasteiger partial charge in [0.25, 0.3) is 0 Å². The summed E-state index contributed by atoms with van der Waals surface area (Å²) in [5, 5.41) is 4.51. The molecule has 1 saturated heterocycles. The third-order valence-electron chi connectivity index (χ3n) is 6.02. The summed E-state index contributed by atoms with van der Waals surface area (Å²) < 4.78 is 0. The van der Waals surface area contributed by atoms with Crippen LogP contribution in [0.2, 0.25) is 0 Å². The molecule has 1 amide bonds. The fourth-order valence-corrected chi connectivity index (χ4v) is 4.69. The van der Waals surface area contributed by atoms with Crippen molar-refractivity contribution in [2.24, 2.45) is 5.92 Å². The average molecular weight is 339 g/mol. The van der Waals surface area contributed by atoms with Gasteiger partial charge in [-0.15, -0.1) is 0 Å². The highest BCUT2D eigenvalue weighted by molar-refractivity contribution is 5.83. The van der Waals surface area contributed by atoms with E-state index in [1.165, 1.54) is 42.1 Å². The molecule has 0 radical (unpaired) electrons. The third kappa shape index (κ3) is 3.59. The van der Waals surface area contributed by atoms with Crippen molar-refractivity contribution in [3.8, 4) is 0 Å². The summed E-state index contributed by atoms with van der Waals surface area (Å²) >= 11 is 0. The Morgan fingerprint density at radius 2 is 1.96 bits per heavy atom. The molecular formula is C21H29N3O. The lowest BCUT2D eigenvalue weighted by molar-refractivity contribution is -0.126. The Morgan fingerprint density at radius 3 is 2.92 bits per heavy atom. The number of hydrogen-bond acceptors (Lipinski definition) is 2. The van der Waals surface area contributed by atoms with Gasteiger partial charge in [0.1, 0.15) is 0 Å². The Kier molecular flexibility index (Phi) is 5.07. The summed E-state index contributed by atoms with van der Waals surface area (Å²) in [6, 6.07) is 9.09. The summed E-state index contributed by atoms with van der Waals surface area (Å²) in [6.45, 7) is 2.91. The number of carbonyl (C=O) groups is 1. The first-order valence-electron chi connectivity index (χ1n) is 9.90. The first kappa shape index (κ1) is 16.6. The Labute approximate surface area is 150 Å². The molecule has 2 atom stereocenters. The molecule has 0 spiro atoms. The largest absolute Gasteiger partial charge is 0.361 e. The van der Waals surface area contributed by atoms with Crippen LogP contribution in [0.1, 0.15) is 50.5 Å². The van der Waals surface area contributed by atoms with Gasteiger partial charge in [-0.2, -0.15) is 0 Å². The van der Waals surface area contributed by atoms with Gasteiger partial charge in [0.2, 0.25) is 5.91 Å². The van der Waals surface area contributed by atoms with Crippen molar-refractivity contribution >= 4 is 16.8 Å². The zero-order valence-electron chi connectivity index (χ0n) is 15.0. The molecule has 1 aliphatic carbocycles. The maximum Gasteiger partial charge on any atom is 0.224 e. The first-order valence-corrected chi connectivity index (χ1v) is 9.90. The SMILES string of the molecule is O=C1NCCCCCCN(Cc2cccc3[nH]ccc23)C2CCCC12. The smallest absolute Gasteiger partial charge is 0.224 e. The molecule has 1 aromatic carbocycles. The summed E-state index contributed by atoms with van der Waals surface area (Å²) in [4.78, 5) is 18.6. The molecule has 2 aromatic rings. The van der Waals surface area contributed by atoms with Gasteiger partial charge in [0.05, 0.1) is 5.92 Å². The van der Waals surface area contributed by atoms with Crippen LogP contribution in [0.25, 0.3) is 10.9 Å². The molecule has 1 saturated carbocycles. The zero-order valence-corrected chi connectivity index (χ0v) is 15.0. The second-order valence-corrected chi connectivity index (χ2v) is 7.64. The van der Waals surface area contributed by atoms with Crippen molar-refractivity contribution in [1.29, 1.82) is 0 Å². The second kappa shape index (κ2) is 7.61. The average Bonchev–Trinajstić information content (AvgIpc) is 3.28. The Morgan fingerprint density at radius 1 is 1.04 bits per heavy atom. The molecule has 4 heteroatoms. The van der Waals surface area contributed by atoms with Crippen molar-refractivity contribution in [2.45, 2.75) is 57.5 Å². The van der Waals surface area contributed by atoms with Crippen molar-refractivity contribution in [3.63, 3.8) is 0 Å². The number of nitrogens with one attached hydrogen (secondary N) is 2. The molecule has 134 valence electrons. The maximum atomic E-state index is 12.7. The van der Waals surface area contributed by atoms with Crippen LogP contribution < -0.4 is 5.32 Å². The molecular weight excluding hydrogens is 310 g/mol. The number of amides is 1. The molecule has 1 aromatic heterocycles. The van der Waals surface area contributed by atoms with Crippen molar-refractivity contribution < 1.29 is 4.79 Å². The Bertz CT molecular complexity index is 723. The van der Waals surface area contributed by atoms with Gasteiger partial charge >= 0.3 is 0 Å². The Balaban J connectivity index is 1.59. The van der Waals surface area contributed by atoms with Crippen LogP contribution in [0, 0.1) is 5.92 Å². The first-order chi connectivity index (χ1) is 12.3. The summed E-state index contributed by atoms with van der Waals surface area (Å²) in [5.41, 5.74) is 2.58. The van der Waals surface area contributed by atoms with Crippen LogP contribution in [0.3, 0.4) is 0 Å². The number of aromatic amines is 1. The van der Waals surface area contributed by atoms with Gasteiger partial charge in [0.15, 0.2) is 0 Å². The third-order valence-corrected chi connectivity index (χ3v) is 6.02. The molecule has 2 heterocycles. The molecule has 4 nitrogen and oxygen atoms in total. The standard InChI is InChI=1S/C21H29N3O/c25-21-18-8-6-10-20(18)24(14-4-2-1-3-12-23-21)15-16-7-5-9-19-17(16)11-13-22-19/h5,7,9,11,13,18,20,22H,1-4,6,8,10,12,14-15H2,(H,23,25).